The molecule has 0 aliphatic rings. The highest BCUT2D eigenvalue weighted by molar-refractivity contribution is 5.93. The Morgan fingerprint density at radius 3 is 2.78 bits per heavy atom. The van der Waals surface area contributed by atoms with Gasteiger partial charge >= 0.3 is 0 Å². The molecule has 0 radical (unpaired) electrons. The van der Waals surface area contributed by atoms with E-state index in [0.29, 0.717) is 30.4 Å². The highest BCUT2D eigenvalue weighted by Gasteiger charge is 2.09. The molecule has 6 heteroatoms. The van der Waals surface area contributed by atoms with Gasteiger partial charge in [-0.1, -0.05) is 26.0 Å². The van der Waals surface area contributed by atoms with Crippen molar-refractivity contribution in [2.75, 3.05) is 6.61 Å². The topological polar surface area (TPSA) is 77.5 Å². The molecule has 0 atom stereocenters. The van der Waals surface area contributed by atoms with Crippen molar-refractivity contribution < 1.29 is 13.9 Å². The summed E-state index contributed by atoms with van der Waals surface area (Å²) in [6, 6.07) is 9.36. The molecule has 2 rings (SSSR count). The summed E-state index contributed by atoms with van der Waals surface area (Å²) in [5, 5.41) is 2.85. The van der Waals surface area contributed by atoms with E-state index in [1.807, 2.05) is 24.3 Å². The molecular weight excluding hydrogens is 316 g/mol. The fraction of sp³-hybridized carbons (Fsp3) is 0.353. The summed E-state index contributed by atoms with van der Waals surface area (Å²) < 4.78 is 10.8. The average Bonchev–Trinajstić information content (AvgIpc) is 3.00. The van der Waals surface area contributed by atoms with Gasteiger partial charge in [-0.3, -0.25) is 4.79 Å². The number of rotatable bonds is 7. The van der Waals surface area contributed by atoms with Crippen molar-refractivity contribution in [2.45, 2.75) is 26.9 Å². The van der Waals surface area contributed by atoms with Crippen LogP contribution in [0.15, 0.2) is 41.0 Å². The van der Waals surface area contributed by atoms with Crippen molar-refractivity contribution in [3.05, 3.63) is 53.5 Å². The van der Waals surface area contributed by atoms with E-state index < -0.39 is 0 Å². The summed E-state index contributed by atoms with van der Waals surface area (Å²) in [6.45, 7) is 5.59. The van der Waals surface area contributed by atoms with Crippen LogP contribution >= 0.6 is 12.4 Å². The van der Waals surface area contributed by atoms with Crippen LogP contribution in [-0.4, -0.2) is 12.5 Å². The monoisotopic (exact) mass is 338 g/mol. The van der Waals surface area contributed by atoms with Crippen molar-refractivity contribution in [2.24, 2.45) is 11.7 Å². The second kappa shape index (κ2) is 9.22. The smallest absolute Gasteiger partial charge is 0.254 e. The van der Waals surface area contributed by atoms with Crippen LogP contribution in [0.4, 0.5) is 0 Å². The van der Waals surface area contributed by atoms with Gasteiger partial charge in [0.05, 0.1) is 18.7 Å². The normalized spacial score (nSPS) is 10.3. The van der Waals surface area contributed by atoms with E-state index in [1.165, 1.54) is 6.26 Å². The minimum atomic E-state index is -0.183. The molecule has 0 bridgehead atoms. The molecule has 0 unspecified atom stereocenters. The Balaban J connectivity index is 0.00000264. The minimum Gasteiger partial charge on any atom is -0.493 e. The molecule has 0 spiro atoms. The largest absolute Gasteiger partial charge is 0.493 e. The van der Waals surface area contributed by atoms with Crippen LogP contribution in [-0.2, 0) is 13.1 Å². The fourth-order valence-electron chi connectivity index (χ4n) is 1.90. The number of hydrogen-bond donors (Lipinski definition) is 2. The number of benzene rings is 1. The van der Waals surface area contributed by atoms with E-state index in [-0.39, 0.29) is 24.9 Å². The zero-order chi connectivity index (χ0) is 15.9. The van der Waals surface area contributed by atoms with Gasteiger partial charge in [0, 0.05) is 6.54 Å². The highest BCUT2D eigenvalue weighted by Crippen LogP contribution is 2.14. The van der Waals surface area contributed by atoms with Gasteiger partial charge < -0.3 is 20.2 Å². The van der Waals surface area contributed by atoms with Gasteiger partial charge in [-0.25, -0.2) is 0 Å². The molecule has 1 aromatic heterocycles. The Labute approximate surface area is 142 Å². The van der Waals surface area contributed by atoms with Gasteiger partial charge in [0.2, 0.25) is 0 Å². The van der Waals surface area contributed by atoms with E-state index in [2.05, 4.69) is 19.2 Å². The molecule has 126 valence electrons. The van der Waals surface area contributed by atoms with Gasteiger partial charge in [0.1, 0.15) is 17.8 Å². The SMILES string of the molecule is CC(C)COc1cccc(CNC(=O)c2coc(CN)c2)c1.Cl. The molecule has 0 fully saturated rings. The third-order valence-corrected chi connectivity index (χ3v) is 3.05. The number of furan rings is 1. The van der Waals surface area contributed by atoms with Crippen molar-refractivity contribution in [1.82, 2.24) is 5.32 Å². The molecule has 1 amide bonds. The van der Waals surface area contributed by atoms with E-state index >= 15 is 0 Å². The summed E-state index contributed by atoms with van der Waals surface area (Å²) in [6.07, 6.45) is 1.42. The van der Waals surface area contributed by atoms with Crippen LogP contribution in [0.5, 0.6) is 5.75 Å². The number of hydrogen-bond acceptors (Lipinski definition) is 4. The number of halogens is 1. The Kier molecular flexibility index (Phi) is 7.65. The average molecular weight is 339 g/mol. The summed E-state index contributed by atoms with van der Waals surface area (Å²) in [7, 11) is 0. The number of nitrogens with one attached hydrogen (secondary N) is 1. The maximum absolute atomic E-state index is 12.0. The van der Waals surface area contributed by atoms with Crippen LogP contribution in [0.25, 0.3) is 0 Å². The molecule has 1 heterocycles. The Bertz CT molecular complexity index is 626. The maximum atomic E-state index is 12.0. The molecule has 1 aromatic carbocycles. The van der Waals surface area contributed by atoms with Crippen molar-refractivity contribution >= 4 is 18.3 Å². The molecule has 0 aliphatic carbocycles. The number of nitrogens with two attached hydrogens (primary N) is 1. The molecule has 2 aromatic rings. The van der Waals surface area contributed by atoms with E-state index in [0.717, 1.165) is 11.3 Å². The van der Waals surface area contributed by atoms with E-state index in [4.69, 9.17) is 14.9 Å². The van der Waals surface area contributed by atoms with E-state index in [1.54, 1.807) is 6.07 Å². The highest BCUT2D eigenvalue weighted by atomic mass is 35.5. The lowest BCUT2D eigenvalue weighted by Crippen LogP contribution is -2.22. The quantitative estimate of drug-likeness (QED) is 0.813. The molecule has 3 N–H and O–H groups in total. The lowest BCUT2D eigenvalue weighted by atomic mass is 10.2. The zero-order valence-corrected chi connectivity index (χ0v) is 14.2. The minimum absolute atomic E-state index is 0. The fourth-order valence-corrected chi connectivity index (χ4v) is 1.90. The molecular formula is C17H23ClN2O3. The summed E-state index contributed by atoms with van der Waals surface area (Å²) in [5.41, 5.74) is 6.92. The number of ether oxygens (including phenoxy) is 1. The van der Waals surface area contributed by atoms with E-state index in [9.17, 15) is 4.79 Å². The molecule has 5 nitrogen and oxygen atoms in total. The van der Waals surface area contributed by atoms with Crippen LogP contribution in [0, 0.1) is 5.92 Å². The number of carbonyl (C=O) groups excluding carboxylic acids is 1. The standard InChI is InChI=1S/C17H22N2O3.ClH/c1-12(2)10-21-15-5-3-4-13(6-15)9-19-17(20)14-7-16(8-18)22-11-14;/h3-7,11-12H,8-10,18H2,1-2H3,(H,19,20);1H. The van der Waals surface area contributed by atoms with Crippen LogP contribution < -0.4 is 15.8 Å². The van der Waals surface area contributed by atoms with Crippen LogP contribution in [0.1, 0.15) is 35.5 Å². The van der Waals surface area contributed by atoms with Crippen LogP contribution in [0.2, 0.25) is 0 Å². The number of amides is 1. The first-order valence-corrected chi connectivity index (χ1v) is 7.36. The zero-order valence-electron chi connectivity index (χ0n) is 13.4. The lowest BCUT2D eigenvalue weighted by molar-refractivity contribution is 0.0950. The van der Waals surface area contributed by atoms with Crippen molar-refractivity contribution in [3.8, 4) is 5.75 Å². The van der Waals surface area contributed by atoms with Gasteiger partial charge in [0.15, 0.2) is 0 Å². The first kappa shape index (κ1) is 19.1. The lowest BCUT2D eigenvalue weighted by Gasteiger charge is -2.10. The number of carbonyl (C=O) groups is 1. The maximum Gasteiger partial charge on any atom is 0.254 e. The Morgan fingerprint density at radius 1 is 1.35 bits per heavy atom. The van der Waals surface area contributed by atoms with Gasteiger partial charge in [-0.15, -0.1) is 12.4 Å². The first-order valence-electron chi connectivity index (χ1n) is 7.36. The molecule has 0 aliphatic heterocycles. The van der Waals surface area contributed by atoms with Crippen LogP contribution in [0.3, 0.4) is 0 Å². The molecule has 23 heavy (non-hydrogen) atoms. The first-order chi connectivity index (χ1) is 10.6. The van der Waals surface area contributed by atoms with Gasteiger partial charge in [0.25, 0.3) is 5.91 Å². The second-order valence-corrected chi connectivity index (χ2v) is 5.54. The summed E-state index contributed by atoms with van der Waals surface area (Å²) >= 11 is 0. The van der Waals surface area contributed by atoms with Crippen molar-refractivity contribution in [3.63, 3.8) is 0 Å². The predicted molar refractivity (Wildman–Crippen MR) is 91.8 cm³/mol. The third-order valence-electron chi connectivity index (χ3n) is 3.05. The Hall–Kier alpha value is -1.98. The van der Waals surface area contributed by atoms with Gasteiger partial charge in [-0.2, -0.15) is 0 Å². The predicted octanol–water partition coefficient (Wildman–Crippen LogP) is 3.12. The van der Waals surface area contributed by atoms with Crippen molar-refractivity contribution in [1.29, 1.82) is 0 Å². The summed E-state index contributed by atoms with van der Waals surface area (Å²) in [5.74, 6) is 1.70. The third kappa shape index (κ3) is 5.96. The Morgan fingerprint density at radius 2 is 2.13 bits per heavy atom. The molecule has 0 saturated heterocycles. The second-order valence-electron chi connectivity index (χ2n) is 5.54. The molecule has 0 saturated carbocycles. The van der Waals surface area contributed by atoms with Gasteiger partial charge in [-0.05, 0) is 29.7 Å². The summed E-state index contributed by atoms with van der Waals surface area (Å²) in [4.78, 5) is 12.0.